The Bertz CT molecular complexity index is 813. The number of nitrogens with zero attached hydrogens (tertiary/aromatic N) is 2. The molecule has 0 bridgehead atoms. The molecule has 1 atom stereocenters. The van der Waals surface area contributed by atoms with Gasteiger partial charge >= 0.3 is 5.97 Å². The zero-order chi connectivity index (χ0) is 18.2. The van der Waals surface area contributed by atoms with Crippen LogP contribution in [0.1, 0.15) is 34.6 Å². The van der Waals surface area contributed by atoms with E-state index in [9.17, 15) is 4.79 Å². The van der Waals surface area contributed by atoms with E-state index in [-0.39, 0.29) is 23.5 Å². The number of ether oxygens (including phenoxy) is 1. The van der Waals surface area contributed by atoms with E-state index in [0.717, 1.165) is 16.5 Å². The van der Waals surface area contributed by atoms with Crippen molar-refractivity contribution in [3.63, 3.8) is 0 Å². The molecule has 3 rings (SSSR count). The van der Waals surface area contributed by atoms with Crippen molar-refractivity contribution >= 4 is 28.3 Å². The molecular formula is C21H26N2O2. The third-order valence-corrected chi connectivity index (χ3v) is 4.47. The number of hydrogen-bond donors (Lipinski definition) is 0. The zero-order valence-corrected chi connectivity index (χ0v) is 15.6. The first-order chi connectivity index (χ1) is 11.8. The normalized spacial score (nSPS) is 17.9. The molecule has 0 N–H and O–H groups in total. The summed E-state index contributed by atoms with van der Waals surface area (Å²) in [6.45, 7) is 10.9. The highest BCUT2D eigenvalue weighted by Crippen LogP contribution is 2.34. The minimum Gasteiger partial charge on any atom is -0.457 e. The van der Waals surface area contributed by atoms with Crippen molar-refractivity contribution in [3.8, 4) is 0 Å². The summed E-state index contributed by atoms with van der Waals surface area (Å²) in [5, 5.41) is 2.26. The summed E-state index contributed by atoms with van der Waals surface area (Å²) in [7, 11) is 0. The topological polar surface area (TPSA) is 41.9 Å². The fourth-order valence-electron chi connectivity index (χ4n) is 3.07. The predicted molar refractivity (Wildman–Crippen MR) is 103 cm³/mol. The largest absolute Gasteiger partial charge is 0.457 e. The van der Waals surface area contributed by atoms with Crippen molar-refractivity contribution in [2.24, 2.45) is 10.4 Å². The highest BCUT2D eigenvalue weighted by Gasteiger charge is 2.38. The smallest absolute Gasteiger partial charge is 0.374 e. The average molecular weight is 338 g/mol. The van der Waals surface area contributed by atoms with Gasteiger partial charge in [-0.25, -0.2) is 4.79 Å². The fourth-order valence-corrected chi connectivity index (χ4v) is 3.07. The van der Waals surface area contributed by atoms with Gasteiger partial charge in [-0.15, -0.1) is 0 Å². The molecule has 0 aliphatic carbocycles. The van der Waals surface area contributed by atoms with E-state index in [1.807, 2.05) is 43.0 Å². The molecule has 0 unspecified atom stereocenters. The van der Waals surface area contributed by atoms with E-state index in [1.165, 1.54) is 0 Å². The fraction of sp³-hybridized carbons (Fsp3) is 0.429. The second kappa shape index (κ2) is 6.51. The van der Waals surface area contributed by atoms with Gasteiger partial charge in [0.05, 0.1) is 17.8 Å². The van der Waals surface area contributed by atoms with Crippen molar-refractivity contribution in [1.82, 2.24) is 0 Å². The number of aliphatic imine (C=N–C) groups is 1. The lowest BCUT2D eigenvalue weighted by atomic mass is 9.87. The molecule has 1 heterocycles. The Labute approximate surface area is 149 Å². The van der Waals surface area contributed by atoms with Crippen LogP contribution in [-0.2, 0) is 9.53 Å². The first-order valence-electron chi connectivity index (χ1n) is 8.81. The van der Waals surface area contributed by atoms with Crippen molar-refractivity contribution in [2.45, 2.75) is 46.8 Å². The predicted octanol–water partition coefficient (Wildman–Crippen LogP) is 4.42. The number of fused-ring (bicyclic) bond motifs is 1. The zero-order valence-electron chi connectivity index (χ0n) is 15.6. The summed E-state index contributed by atoms with van der Waals surface area (Å²) in [5.41, 5.74) is 0.979. The second-order valence-corrected chi connectivity index (χ2v) is 7.90. The van der Waals surface area contributed by atoms with Crippen LogP contribution in [0.2, 0.25) is 0 Å². The molecule has 0 fully saturated rings. The molecule has 0 spiro atoms. The Balaban J connectivity index is 2.06. The summed E-state index contributed by atoms with van der Waals surface area (Å²) in [4.78, 5) is 19.4. The molecule has 132 valence electrons. The molecule has 1 aliphatic heterocycles. The molecule has 2 aromatic rings. The maximum absolute atomic E-state index is 12.7. The third-order valence-electron chi connectivity index (χ3n) is 4.47. The van der Waals surface area contributed by atoms with Gasteiger partial charge in [0.15, 0.2) is 0 Å². The number of esters is 1. The van der Waals surface area contributed by atoms with Crippen LogP contribution >= 0.6 is 0 Å². The highest BCUT2D eigenvalue weighted by atomic mass is 16.5. The van der Waals surface area contributed by atoms with Crippen LogP contribution < -0.4 is 4.90 Å². The van der Waals surface area contributed by atoms with Crippen LogP contribution in [0.5, 0.6) is 0 Å². The molecular weight excluding hydrogens is 312 g/mol. The minimum absolute atomic E-state index is 0.0251. The monoisotopic (exact) mass is 338 g/mol. The van der Waals surface area contributed by atoms with Crippen LogP contribution in [0.15, 0.2) is 47.5 Å². The number of amidine groups is 1. The number of carbonyl (C=O) groups is 1. The van der Waals surface area contributed by atoms with Crippen molar-refractivity contribution in [2.75, 3.05) is 11.4 Å². The Morgan fingerprint density at radius 1 is 1.16 bits per heavy atom. The molecule has 1 aliphatic rings. The van der Waals surface area contributed by atoms with Gasteiger partial charge in [-0.1, -0.05) is 57.2 Å². The van der Waals surface area contributed by atoms with Gasteiger partial charge in [0, 0.05) is 11.9 Å². The first kappa shape index (κ1) is 17.5. The molecule has 0 saturated carbocycles. The van der Waals surface area contributed by atoms with Crippen molar-refractivity contribution in [3.05, 3.63) is 42.5 Å². The summed E-state index contributed by atoms with van der Waals surface area (Å²) < 4.78 is 5.45. The number of rotatable bonds is 3. The van der Waals surface area contributed by atoms with Gasteiger partial charge in [0.1, 0.15) is 0 Å². The minimum atomic E-state index is -0.352. The van der Waals surface area contributed by atoms with E-state index in [4.69, 9.17) is 9.73 Å². The highest BCUT2D eigenvalue weighted by molar-refractivity contribution is 6.42. The van der Waals surface area contributed by atoms with Gasteiger partial charge in [0.25, 0.3) is 0 Å². The molecule has 0 radical (unpaired) electrons. The lowest BCUT2D eigenvalue weighted by molar-refractivity contribution is -0.139. The van der Waals surface area contributed by atoms with Crippen LogP contribution in [0.3, 0.4) is 0 Å². The lowest BCUT2D eigenvalue weighted by Gasteiger charge is -2.27. The van der Waals surface area contributed by atoms with E-state index in [0.29, 0.717) is 12.4 Å². The number of benzene rings is 2. The maximum Gasteiger partial charge on any atom is 0.374 e. The molecule has 0 saturated heterocycles. The van der Waals surface area contributed by atoms with Crippen LogP contribution in [0.4, 0.5) is 5.69 Å². The molecule has 0 amide bonds. The van der Waals surface area contributed by atoms with E-state index >= 15 is 0 Å². The lowest BCUT2D eigenvalue weighted by Crippen LogP contribution is -2.38. The maximum atomic E-state index is 12.7. The van der Waals surface area contributed by atoms with Gasteiger partial charge < -0.3 is 9.64 Å². The molecule has 4 heteroatoms. The van der Waals surface area contributed by atoms with Crippen LogP contribution in [0, 0.1) is 5.41 Å². The van der Waals surface area contributed by atoms with Gasteiger partial charge in [-0.2, -0.15) is 0 Å². The average Bonchev–Trinajstić information content (AvgIpc) is 2.99. The van der Waals surface area contributed by atoms with Gasteiger partial charge in [0.2, 0.25) is 5.84 Å². The number of anilines is 1. The molecule has 4 nitrogen and oxygen atoms in total. The summed E-state index contributed by atoms with van der Waals surface area (Å²) in [6, 6.07) is 14.4. The quantitative estimate of drug-likeness (QED) is 0.778. The molecule has 0 aromatic heterocycles. The van der Waals surface area contributed by atoms with Gasteiger partial charge in [-0.05, 0) is 30.7 Å². The van der Waals surface area contributed by atoms with Crippen molar-refractivity contribution in [1.29, 1.82) is 0 Å². The van der Waals surface area contributed by atoms with Crippen LogP contribution in [-0.4, -0.2) is 30.5 Å². The molecule has 25 heavy (non-hydrogen) atoms. The summed E-state index contributed by atoms with van der Waals surface area (Å²) in [5.74, 6) is 0.0552. The number of hydrogen-bond acceptors (Lipinski definition) is 4. The van der Waals surface area contributed by atoms with E-state index in [2.05, 4.69) is 39.0 Å². The van der Waals surface area contributed by atoms with E-state index < -0.39 is 0 Å². The van der Waals surface area contributed by atoms with Crippen molar-refractivity contribution < 1.29 is 9.53 Å². The Morgan fingerprint density at radius 2 is 1.84 bits per heavy atom. The Hall–Kier alpha value is -2.36. The van der Waals surface area contributed by atoms with Crippen LogP contribution in [0.25, 0.3) is 10.8 Å². The standard InChI is InChI=1S/C21H26N2O2/c1-14(2)25-20(24)19-22-18(21(3,4)5)13-23(19)17-12-8-10-15-9-6-7-11-16(15)17/h6-12,14,18H,13H2,1-5H3/t18-/m1/s1. The summed E-state index contributed by atoms with van der Waals surface area (Å²) >= 11 is 0. The Kier molecular flexibility index (Phi) is 4.55. The summed E-state index contributed by atoms with van der Waals surface area (Å²) in [6.07, 6.45) is -0.168. The van der Waals surface area contributed by atoms with E-state index in [1.54, 1.807) is 0 Å². The first-order valence-corrected chi connectivity index (χ1v) is 8.81. The second-order valence-electron chi connectivity index (χ2n) is 7.90. The number of carbonyl (C=O) groups excluding carboxylic acids is 1. The third kappa shape index (κ3) is 3.53. The SMILES string of the molecule is CC(C)OC(=O)C1=N[C@@H](C(C)(C)C)CN1c1cccc2ccccc12. The molecule has 2 aromatic carbocycles. The Morgan fingerprint density at radius 3 is 2.52 bits per heavy atom. The van der Waals surface area contributed by atoms with Gasteiger partial charge in [-0.3, -0.25) is 4.99 Å².